The molecule has 0 aromatic carbocycles. The van der Waals surface area contributed by atoms with Gasteiger partial charge in [-0.25, -0.2) is 4.79 Å². The monoisotopic (exact) mass is 370 g/mol. The van der Waals surface area contributed by atoms with Gasteiger partial charge in [-0.2, -0.15) is 0 Å². The van der Waals surface area contributed by atoms with Crippen LogP contribution in [0.25, 0.3) is 0 Å². The Morgan fingerprint density at radius 3 is 2.20 bits per heavy atom. The van der Waals surface area contributed by atoms with Gasteiger partial charge in [-0.15, -0.1) is 0 Å². The number of hydrogen-bond donors (Lipinski definition) is 1. The lowest BCUT2D eigenvalue weighted by molar-refractivity contribution is -0.137. The molecule has 2 atom stereocenters. The topological polar surface area (TPSA) is 55.8 Å². The van der Waals surface area contributed by atoms with E-state index in [0.29, 0.717) is 13.0 Å². The maximum Gasteiger partial charge on any atom is 0.330 e. The van der Waals surface area contributed by atoms with Crippen LogP contribution in [0.15, 0.2) is 24.3 Å². The first-order valence-electron chi connectivity index (χ1n) is 9.11. The maximum atomic E-state index is 11.4. The SMILES string of the molecule is C/C=C/[C@H](O[Si](C)(C)C(C)(C)C)C(C)(C)[C@@H](O)C/C=C/C(=O)OCC. The van der Waals surface area contributed by atoms with Gasteiger partial charge in [0.1, 0.15) is 0 Å². The van der Waals surface area contributed by atoms with Gasteiger partial charge in [-0.1, -0.05) is 52.8 Å². The summed E-state index contributed by atoms with van der Waals surface area (Å²) in [6.45, 7) is 19.1. The van der Waals surface area contributed by atoms with Gasteiger partial charge in [0, 0.05) is 11.5 Å². The lowest BCUT2D eigenvalue weighted by Crippen LogP contribution is -2.50. The lowest BCUT2D eigenvalue weighted by Gasteiger charge is -2.44. The molecule has 0 spiro atoms. The van der Waals surface area contributed by atoms with Crippen LogP contribution in [0.3, 0.4) is 0 Å². The average Bonchev–Trinajstić information content (AvgIpc) is 2.45. The molecule has 0 radical (unpaired) electrons. The minimum atomic E-state index is -1.98. The van der Waals surface area contributed by atoms with E-state index in [0.717, 1.165) is 0 Å². The molecule has 0 saturated carbocycles. The van der Waals surface area contributed by atoms with E-state index >= 15 is 0 Å². The smallest absolute Gasteiger partial charge is 0.330 e. The largest absolute Gasteiger partial charge is 0.463 e. The summed E-state index contributed by atoms with van der Waals surface area (Å²) in [6, 6.07) is 0. The highest BCUT2D eigenvalue weighted by molar-refractivity contribution is 6.74. The maximum absolute atomic E-state index is 11.4. The zero-order chi connectivity index (χ0) is 19.9. The van der Waals surface area contributed by atoms with E-state index in [1.54, 1.807) is 13.0 Å². The first-order chi connectivity index (χ1) is 11.3. The highest BCUT2D eigenvalue weighted by atomic mass is 28.4. The van der Waals surface area contributed by atoms with Crippen LogP contribution in [0.4, 0.5) is 0 Å². The molecule has 4 nitrogen and oxygen atoms in total. The number of hydrogen-bond acceptors (Lipinski definition) is 4. The summed E-state index contributed by atoms with van der Waals surface area (Å²) in [7, 11) is -1.98. The fraction of sp³-hybridized carbons (Fsp3) is 0.750. The van der Waals surface area contributed by atoms with Gasteiger partial charge in [0.05, 0.1) is 18.8 Å². The van der Waals surface area contributed by atoms with Crippen molar-refractivity contribution in [2.45, 2.75) is 85.2 Å². The number of carbonyl (C=O) groups is 1. The van der Waals surface area contributed by atoms with Gasteiger partial charge < -0.3 is 14.3 Å². The number of ether oxygens (including phenoxy) is 1. The Bertz CT molecular complexity index is 473. The molecule has 0 aromatic heterocycles. The first kappa shape index (κ1) is 24.1. The van der Waals surface area contributed by atoms with E-state index in [1.807, 2.05) is 32.9 Å². The van der Waals surface area contributed by atoms with E-state index in [1.165, 1.54) is 6.08 Å². The number of aliphatic hydroxyl groups excluding tert-OH is 1. The second kappa shape index (κ2) is 9.69. The minimum Gasteiger partial charge on any atom is -0.463 e. The van der Waals surface area contributed by atoms with Crippen molar-refractivity contribution >= 4 is 14.3 Å². The number of rotatable bonds is 9. The van der Waals surface area contributed by atoms with Crippen LogP contribution < -0.4 is 0 Å². The van der Waals surface area contributed by atoms with Gasteiger partial charge in [0.2, 0.25) is 0 Å². The number of esters is 1. The highest BCUT2D eigenvalue weighted by Gasteiger charge is 2.43. The second-order valence-electron chi connectivity index (χ2n) is 8.55. The summed E-state index contributed by atoms with van der Waals surface area (Å²) in [5, 5.41) is 10.8. The summed E-state index contributed by atoms with van der Waals surface area (Å²) >= 11 is 0. The third-order valence-electron chi connectivity index (χ3n) is 5.09. The van der Waals surface area contributed by atoms with Crippen molar-refractivity contribution in [2.75, 3.05) is 6.61 Å². The van der Waals surface area contributed by atoms with Crippen LogP contribution >= 0.6 is 0 Å². The molecule has 0 aromatic rings. The fourth-order valence-electron chi connectivity index (χ4n) is 2.09. The van der Waals surface area contributed by atoms with Crippen molar-refractivity contribution in [2.24, 2.45) is 5.41 Å². The summed E-state index contributed by atoms with van der Waals surface area (Å²) in [5.74, 6) is -0.380. The van der Waals surface area contributed by atoms with Crippen LogP contribution in [0.2, 0.25) is 18.1 Å². The minimum absolute atomic E-state index is 0.0949. The van der Waals surface area contributed by atoms with Crippen molar-refractivity contribution in [1.29, 1.82) is 0 Å². The molecule has 0 aliphatic carbocycles. The summed E-state index contributed by atoms with van der Waals surface area (Å²) in [4.78, 5) is 11.4. The Balaban J connectivity index is 5.21. The van der Waals surface area contributed by atoms with Gasteiger partial charge in [-0.05, 0) is 38.4 Å². The number of allylic oxidation sites excluding steroid dienone is 1. The molecule has 0 rings (SSSR count). The van der Waals surface area contributed by atoms with Crippen molar-refractivity contribution in [3.8, 4) is 0 Å². The zero-order valence-corrected chi connectivity index (χ0v) is 18.6. The Kier molecular flexibility index (Phi) is 9.34. The normalized spacial score (nSPS) is 16.4. The quantitative estimate of drug-likeness (QED) is 0.273. The molecule has 0 unspecified atom stereocenters. The summed E-state index contributed by atoms with van der Waals surface area (Å²) < 4.78 is 11.4. The van der Waals surface area contributed by atoms with E-state index < -0.39 is 19.8 Å². The Morgan fingerprint density at radius 2 is 1.76 bits per heavy atom. The third kappa shape index (κ3) is 7.46. The van der Waals surface area contributed by atoms with E-state index in [9.17, 15) is 9.90 Å². The molecule has 0 bridgehead atoms. The molecule has 0 heterocycles. The molecule has 5 heteroatoms. The van der Waals surface area contributed by atoms with Crippen LogP contribution in [-0.2, 0) is 14.0 Å². The van der Waals surface area contributed by atoms with Crippen LogP contribution in [0.5, 0.6) is 0 Å². The van der Waals surface area contributed by atoms with E-state index in [-0.39, 0.29) is 17.1 Å². The third-order valence-corrected chi connectivity index (χ3v) is 9.54. The molecule has 1 N–H and O–H groups in total. The number of aliphatic hydroxyl groups is 1. The fourth-order valence-corrected chi connectivity index (χ4v) is 3.46. The molecule has 25 heavy (non-hydrogen) atoms. The van der Waals surface area contributed by atoms with Crippen molar-refractivity contribution in [1.82, 2.24) is 0 Å². The predicted molar refractivity (Wildman–Crippen MR) is 107 cm³/mol. The summed E-state index contributed by atoms with van der Waals surface area (Å²) in [6.07, 6.45) is 6.60. The Labute approximate surface area is 155 Å². The average molecular weight is 371 g/mol. The van der Waals surface area contributed by atoms with Crippen LogP contribution in [-0.4, -0.2) is 38.2 Å². The molecular formula is C20H38O4Si. The molecule has 0 saturated heterocycles. The number of carbonyl (C=O) groups excluding carboxylic acids is 1. The van der Waals surface area contributed by atoms with Crippen LogP contribution in [0.1, 0.15) is 54.9 Å². The van der Waals surface area contributed by atoms with Crippen molar-refractivity contribution in [3.05, 3.63) is 24.3 Å². The zero-order valence-electron chi connectivity index (χ0n) is 17.6. The van der Waals surface area contributed by atoms with E-state index in [4.69, 9.17) is 9.16 Å². The van der Waals surface area contributed by atoms with Crippen molar-refractivity contribution in [3.63, 3.8) is 0 Å². The predicted octanol–water partition coefficient (Wildman–Crippen LogP) is 4.85. The van der Waals surface area contributed by atoms with Gasteiger partial charge in [-0.3, -0.25) is 0 Å². The first-order valence-corrected chi connectivity index (χ1v) is 12.0. The molecule has 0 aliphatic heterocycles. The van der Waals surface area contributed by atoms with Gasteiger partial charge in [0.15, 0.2) is 8.32 Å². The molecule has 146 valence electrons. The lowest BCUT2D eigenvalue weighted by atomic mass is 9.79. The Hall–Kier alpha value is -0.913. The van der Waals surface area contributed by atoms with Crippen molar-refractivity contribution < 1.29 is 19.1 Å². The van der Waals surface area contributed by atoms with Gasteiger partial charge >= 0.3 is 5.97 Å². The van der Waals surface area contributed by atoms with Gasteiger partial charge in [0.25, 0.3) is 0 Å². The molecule has 0 amide bonds. The standard InChI is InChI=1S/C20H38O4Si/c1-10-13-17(24-25(8,9)19(3,4)5)20(6,7)16(21)14-12-15-18(22)23-11-2/h10,12-13,15-17,21H,11,14H2,1-9H3/b13-10+,15-12+/t16-,17-/m0/s1. The Morgan fingerprint density at radius 1 is 1.20 bits per heavy atom. The molecular weight excluding hydrogens is 332 g/mol. The molecule has 0 fully saturated rings. The second-order valence-corrected chi connectivity index (χ2v) is 13.3. The van der Waals surface area contributed by atoms with E-state index in [2.05, 4.69) is 33.9 Å². The summed E-state index contributed by atoms with van der Waals surface area (Å²) in [5.41, 5.74) is -0.485. The van der Waals surface area contributed by atoms with Crippen LogP contribution in [0, 0.1) is 5.41 Å². The molecule has 0 aliphatic rings. The highest BCUT2D eigenvalue weighted by Crippen LogP contribution is 2.41.